The summed E-state index contributed by atoms with van der Waals surface area (Å²) in [5, 5.41) is 0. The van der Waals surface area contributed by atoms with Crippen LogP contribution < -0.4 is 0 Å². The number of rotatable bonds is 5. The molecule has 0 radical (unpaired) electrons. The summed E-state index contributed by atoms with van der Waals surface area (Å²) in [6.45, 7) is 0. The minimum atomic E-state index is -1.17. The van der Waals surface area contributed by atoms with Crippen molar-refractivity contribution in [1.29, 1.82) is 0 Å². The quantitative estimate of drug-likeness (QED) is 0.333. The van der Waals surface area contributed by atoms with Crippen LogP contribution in [0.5, 0.6) is 0 Å². The first-order valence-electron chi connectivity index (χ1n) is 8.34. The predicted molar refractivity (Wildman–Crippen MR) is 98.1 cm³/mol. The van der Waals surface area contributed by atoms with E-state index in [2.05, 4.69) is 15.0 Å². The number of Topliss-reactive ketones (excluding diaryl/α,β-unsaturated/α-hetero) is 2. The molecule has 0 spiro atoms. The summed E-state index contributed by atoms with van der Waals surface area (Å²) in [7, 11) is 0. The van der Waals surface area contributed by atoms with Crippen LogP contribution in [-0.4, -0.2) is 26.5 Å². The normalized spacial score (nSPS) is 11.0. The van der Waals surface area contributed by atoms with Crippen molar-refractivity contribution >= 4 is 22.7 Å². The van der Waals surface area contributed by atoms with Crippen molar-refractivity contribution in [2.75, 3.05) is 0 Å². The molecule has 0 saturated heterocycles. The second-order valence-electron chi connectivity index (χ2n) is 6.02. The number of carbonyl (C=O) groups is 2. The minimum absolute atomic E-state index is 0.122. The molecule has 0 atom stereocenters. The molecule has 2 heterocycles. The lowest BCUT2D eigenvalue weighted by Gasteiger charge is -2.13. The van der Waals surface area contributed by atoms with Crippen LogP contribution in [0, 0.1) is 5.95 Å². The number of nitrogens with zero attached hydrogens (tertiary/aromatic N) is 2. The summed E-state index contributed by atoms with van der Waals surface area (Å²) in [5.41, 5.74) is 1.37. The van der Waals surface area contributed by atoms with E-state index in [1.165, 1.54) is 12.1 Å². The maximum atomic E-state index is 13.4. The highest BCUT2D eigenvalue weighted by atomic mass is 19.1. The van der Waals surface area contributed by atoms with Gasteiger partial charge in [-0.1, -0.05) is 60.7 Å². The lowest BCUT2D eigenvalue weighted by Crippen LogP contribution is -2.23. The maximum Gasteiger partial charge on any atom is 0.215 e. The SMILES string of the molecule is O=C(c1ccccc1)C(C(=O)c1ccccc1)c1nc2nc(F)ccc2[nH]1. The van der Waals surface area contributed by atoms with Crippen molar-refractivity contribution in [1.82, 2.24) is 15.0 Å². The van der Waals surface area contributed by atoms with E-state index in [0.29, 0.717) is 16.6 Å². The molecular formula is C21H14FN3O2. The molecule has 6 heteroatoms. The Morgan fingerprint density at radius 2 is 1.33 bits per heavy atom. The van der Waals surface area contributed by atoms with Crippen LogP contribution in [0.2, 0.25) is 0 Å². The molecule has 5 nitrogen and oxygen atoms in total. The summed E-state index contributed by atoms with van der Waals surface area (Å²) in [4.78, 5) is 37.1. The van der Waals surface area contributed by atoms with Gasteiger partial charge in [0.25, 0.3) is 0 Å². The Balaban J connectivity index is 1.84. The first-order valence-corrected chi connectivity index (χ1v) is 8.34. The standard InChI is InChI=1S/C21H14FN3O2/c22-16-12-11-15-20(24-16)25-21(23-15)17(18(26)13-7-3-1-4-8-13)19(27)14-9-5-2-6-10-14/h1-12,17H,(H,23,24,25). The van der Waals surface area contributed by atoms with E-state index in [0.717, 1.165) is 0 Å². The fourth-order valence-electron chi connectivity index (χ4n) is 2.93. The number of halogens is 1. The van der Waals surface area contributed by atoms with Crippen molar-refractivity contribution in [3.63, 3.8) is 0 Å². The van der Waals surface area contributed by atoms with Gasteiger partial charge >= 0.3 is 0 Å². The minimum Gasteiger partial charge on any atom is -0.340 e. The third kappa shape index (κ3) is 3.25. The summed E-state index contributed by atoms with van der Waals surface area (Å²) in [6.07, 6.45) is 0. The number of H-pyrrole nitrogens is 1. The molecule has 0 saturated carbocycles. The van der Waals surface area contributed by atoms with E-state index in [-0.39, 0.29) is 23.0 Å². The lowest BCUT2D eigenvalue weighted by atomic mass is 9.89. The average molecular weight is 359 g/mol. The highest BCUT2D eigenvalue weighted by molar-refractivity contribution is 6.19. The molecule has 4 rings (SSSR count). The Hall–Kier alpha value is -3.67. The van der Waals surface area contributed by atoms with Crippen molar-refractivity contribution in [3.8, 4) is 0 Å². The monoisotopic (exact) mass is 359 g/mol. The van der Waals surface area contributed by atoms with Gasteiger partial charge in [-0.3, -0.25) is 9.59 Å². The Labute approximate surface area is 153 Å². The Morgan fingerprint density at radius 1 is 0.778 bits per heavy atom. The van der Waals surface area contributed by atoms with Crippen molar-refractivity contribution in [2.24, 2.45) is 0 Å². The molecule has 0 bridgehead atoms. The van der Waals surface area contributed by atoms with Crippen LogP contribution in [-0.2, 0) is 0 Å². The highest BCUT2D eigenvalue weighted by Gasteiger charge is 2.33. The maximum absolute atomic E-state index is 13.4. The van der Waals surface area contributed by atoms with Gasteiger partial charge in [-0.15, -0.1) is 0 Å². The van der Waals surface area contributed by atoms with Crippen LogP contribution in [0.4, 0.5) is 4.39 Å². The Kier molecular flexibility index (Phi) is 4.30. The molecule has 132 valence electrons. The number of hydrogen-bond acceptors (Lipinski definition) is 4. The van der Waals surface area contributed by atoms with Gasteiger partial charge in [-0.05, 0) is 12.1 Å². The van der Waals surface area contributed by atoms with Gasteiger partial charge in [0.15, 0.2) is 17.2 Å². The number of benzene rings is 2. The average Bonchev–Trinajstić information content (AvgIpc) is 3.11. The number of aromatic amines is 1. The molecule has 4 aromatic rings. The fourth-order valence-corrected chi connectivity index (χ4v) is 2.93. The van der Waals surface area contributed by atoms with Gasteiger partial charge in [0.2, 0.25) is 5.95 Å². The van der Waals surface area contributed by atoms with Gasteiger partial charge in [-0.25, -0.2) is 4.98 Å². The smallest absolute Gasteiger partial charge is 0.215 e. The van der Waals surface area contributed by atoms with E-state index in [9.17, 15) is 14.0 Å². The molecule has 0 aliphatic heterocycles. The summed E-state index contributed by atoms with van der Waals surface area (Å²) in [6, 6.07) is 19.8. The predicted octanol–water partition coefficient (Wildman–Crippen LogP) is 3.95. The van der Waals surface area contributed by atoms with E-state index in [1.54, 1.807) is 60.7 Å². The second-order valence-corrected chi connectivity index (χ2v) is 6.02. The summed E-state index contributed by atoms with van der Waals surface area (Å²) >= 11 is 0. The molecule has 0 aliphatic carbocycles. The van der Waals surface area contributed by atoms with E-state index in [1.807, 2.05) is 0 Å². The largest absolute Gasteiger partial charge is 0.340 e. The number of fused-ring (bicyclic) bond motifs is 1. The molecule has 1 N–H and O–H groups in total. The molecule has 27 heavy (non-hydrogen) atoms. The number of nitrogens with one attached hydrogen (secondary N) is 1. The van der Waals surface area contributed by atoms with Gasteiger partial charge < -0.3 is 4.98 Å². The molecule has 0 amide bonds. The van der Waals surface area contributed by atoms with E-state index < -0.39 is 11.9 Å². The number of imidazole rings is 1. The fraction of sp³-hybridized carbons (Fsp3) is 0.0476. The highest BCUT2D eigenvalue weighted by Crippen LogP contribution is 2.25. The number of ketones is 2. The number of aromatic nitrogens is 3. The second kappa shape index (κ2) is 6.92. The van der Waals surface area contributed by atoms with Crippen LogP contribution >= 0.6 is 0 Å². The zero-order chi connectivity index (χ0) is 18.8. The van der Waals surface area contributed by atoms with Gasteiger partial charge in [0.1, 0.15) is 11.7 Å². The van der Waals surface area contributed by atoms with Crippen LogP contribution in [0.3, 0.4) is 0 Å². The summed E-state index contributed by atoms with van der Waals surface area (Å²) < 4.78 is 13.4. The zero-order valence-electron chi connectivity index (χ0n) is 14.1. The molecule has 2 aromatic carbocycles. The molecule has 0 aliphatic rings. The number of hydrogen-bond donors (Lipinski definition) is 1. The van der Waals surface area contributed by atoms with Crippen molar-refractivity contribution < 1.29 is 14.0 Å². The lowest BCUT2D eigenvalue weighted by molar-refractivity contribution is 0.0856. The Morgan fingerprint density at radius 3 is 1.89 bits per heavy atom. The van der Waals surface area contributed by atoms with Gasteiger partial charge in [0, 0.05) is 11.1 Å². The molecule has 0 fully saturated rings. The molecule has 0 unspecified atom stereocenters. The molecular weight excluding hydrogens is 345 g/mol. The third-order valence-corrected chi connectivity index (χ3v) is 4.24. The first-order chi connectivity index (χ1) is 13.1. The first kappa shape index (κ1) is 16.8. The summed E-state index contributed by atoms with van der Waals surface area (Å²) in [5.74, 6) is -2.48. The van der Waals surface area contributed by atoms with Gasteiger partial charge in [0.05, 0.1) is 5.52 Å². The third-order valence-electron chi connectivity index (χ3n) is 4.24. The van der Waals surface area contributed by atoms with Gasteiger partial charge in [-0.2, -0.15) is 9.37 Å². The Bertz CT molecular complexity index is 1070. The number of pyridine rings is 1. The van der Waals surface area contributed by atoms with Crippen LogP contribution in [0.1, 0.15) is 32.5 Å². The molecule has 2 aromatic heterocycles. The van der Waals surface area contributed by atoms with Crippen LogP contribution in [0.25, 0.3) is 11.2 Å². The van der Waals surface area contributed by atoms with Crippen molar-refractivity contribution in [2.45, 2.75) is 5.92 Å². The van der Waals surface area contributed by atoms with Crippen molar-refractivity contribution in [3.05, 3.63) is 95.7 Å². The van der Waals surface area contributed by atoms with Crippen LogP contribution in [0.15, 0.2) is 72.8 Å². The number of carbonyl (C=O) groups excluding carboxylic acids is 2. The topological polar surface area (TPSA) is 75.7 Å². The zero-order valence-corrected chi connectivity index (χ0v) is 14.1. The van der Waals surface area contributed by atoms with E-state index >= 15 is 0 Å². The van der Waals surface area contributed by atoms with E-state index in [4.69, 9.17) is 0 Å².